The molecular formula is C17H14FN3OS. The molecule has 1 fully saturated rings. The molecule has 0 bridgehead atoms. The zero-order chi connectivity index (χ0) is 15.8. The highest BCUT2D eigenvalue weighted by Gasteiger charge is 2.24. The first-order valence-corrected chi connectivity index (χ1v) is 8.29. The SMILES string of the molecule is O=C(NC1CC1)c1cc(F)c2[nH]nc(/C=C/c3cccs3)c2c1. The average Bonchev–Trinajstić information content (AvgIpc) is 3.04. The van der Waals surface area contributed by atoms with Crippen molar-refractivity contribution in [1.29, 1.82) is 0 Å². The molecule has 0 saturated heterocycles. The first kappa shape index (κ1) is 14.1. The summed E-state index contributed by atoms with van der Waals surface area (Å²) in [5.41, 5.74) is 1.27. The van der Waals surface area contributed by atoms with Crippen molar-refractivity contribution in [2.24, 2.45) is 0 Å². The third-order valence-corrected chi connectivity index (χ3v) is 4.62. The van der Waals surface area contributed by atoms with Crippen LogP contribution in [0.1, 0.15) is 33.8 Å². The molecule has 0 unspecified atom stereocenters. The van der Waals surface area contributed by atoms with Crippen LogP contribution in [-0.2, 0) is 0 Å². The van der Waals surface area contributed by atoms with Crippen molar-refractivity contribution in [3.05, 3.63) is 51.6 Å². The van der Waals surface area contributed by atoms with E-state index in [2.05, 4.69) is 15.5 Å². The fourth-order valence-electron chi connectivity index (χ4n) is 2.40. The predicted octanol–water partition coefficient (Wildman–Crippen LogP) is 3.83. The average molecular weight is 327 g/mol. The fourth-order valence-corrected chi connectivity index (χ4v) is 3.02. The van der Waals surface area contributed by atoms with Gasteiger partial charge >= 0.3 is 0 Å². The number of thiophene rings is 1. The van der Waals surface area contributed by atoms with Crippen molar-refractivity contribution in [2.75, 3.05) is 0 Å². The topological polar surface area (TPSA) is 57.8 Å². The van der Waals surface area contributed by atoms with Crippen LogP contribution in [0.15, 0.2) is 29.6 Å². The number of rotatable bonds is 4. The smallest absolute Gasteiger partial charge is 0.251 e. The van der Waals surface area contributed by atoms with Crippen molar-refractivity contribution in [3.8, 4) is 0 Å². The summed E-state index contributed by atoms with van der Waals surface area (Å²) in [4.78, 5) is 13.2. The molecule has 0 atom stereocenters. The summed E-state index contributed by atoms with van der Waals surface area (Å²) >= 11 is 1.61. The molecule has 2 aromatic heterocycles. The molecule has 23 heavy (non-hydrogen) atoms. The van der Waals surface area contributed by atoms with E-state index in [0.29, 0.717) is 22.2 Å². The first-order valence-electron chi connectivity index (χ1n) is 7.41. The summed E-state index contributed by atoms with van der Waals surface area (Å²) in [5, 5.41) is 12.3. The second-order valence-electron chi connectivity index (χ2n) is 5.59. The monoisotopic (exact) mass is 327 g/mol. The van der Waals surface area contributed by atoms with Gasteiger partial charge in [0.25, 0.3) is 5.91 Å². The van der Waals surface area contributed by atoms with Crippen LogP contribution in [0.5, 0.6) is 0 Å². The first-order chi connectivity index (χ1) is 11.2. The van der Waals surface area contributed by atoms with E-state index in [9.17, 15) is 9.18 Å². The molecule has 1 aromatic carbocycles. The summed E-state index contributed by atoms with van der Waals surface area (Å²) in [6.45, 7) is 0. The number of halogens is 1. The van der Waals surface area contributed by atoms with E-state index in [1.165, 1.54) is 6.07 Å². The lowest BCUT2D eigenvalue weighted by atomic mass is 10.1. The third kappa shape index (κ3) is 2.90. The molecule has 1 aliphatic rings. The number of H-pyrrole nitrogens is 1. The molecule has 1 amide bonds. The van der Waals surface area contributed by atoms with Crippen LogP contribution >= 0.6 is 11.3 Å². The van der Waals surface area contributed by atoms with Gasteiger partial charge in [-0.15, -0.1) is 11.3 Å². The minimum atomic E-state index is -0.466. The number of carbonyl (C=O) groups is 1. The minimum absolute atomic E-state index is 0.234. The van der Waals surface area contributed by atoms with Gasteiger partial charge in [0.05, 0.1) is 5.69 Å². The largest absolute Gasteiger partial charge is 0.349 e. The second kappa shape index (κ2) is 5.62. The van der Waals surface area contributed by atoms with Gasteiger partial charge in [0.15, 0.2) is 0 Å². The maximum absolute atomic E-state index is 14.2. The molecule has 6 heteroatoms. The lowest BCUT2D eigenvalue weighted by molar-refractivity contribution is 0.0951. The highest BCUT2D eigenvalue weighted by Crippen LogP contribution is 2.25. The van der Waals surface area contributed by atoms with Gasteiger partial charge in [0.2, 0.25) is 0 Å². The zero-order valence-electron chi connectivity index (χ0n) is 12.2. The molecule has 0 radical (unpaired) electrons. The normalized spacial score (nSPS) is 14.7. The van der Waals surface area contributed by atoms with E-state index in [-0.39, 0.29) is 11.9 Å². The highest BCUT2D eigenvalue weighted by atomic mass is 32.1. The second-order valence-corrected chi connectivity index (χ2v) is 6.57. The number of carbonyl (C=O) groups excluding carboxylic acids is 1. The van der Waals surface area contributed by atoms with E-state index >= 15 is 0 Å². The van der Waals surface area contributed by atoms with Gasteiger partial charge in [-0.2, -0.15) is 5.10 Å². The Morgan fingerprint density at radius 1 is 1.39 bits per heavy atom. The Kier molecular flexibility index (Phi) is 3.46. The molecule has 2 heterocycles. The van der Waals surface area contributed by atoms with E-state index in [0.717, 1.165) is 17.7 Å². The van der Waals surface area contributed by atoms with E-state index < -0.39 is 5.82 Å². The Labute approximate surface area is 136 Å². The molecular weight excluding hydrogens is 313 g/mol. The number of nitrogens with zero attached hydrogens (tertiary/aromatic N) is 1. The quantitative estimate of drug-likeness (QED) is 0.765. The third-order valence-electron chi connectivity index (χ3n) is 3.78. The molecule has 4 rings (SSSR count). The molecule has 0 aliphatic heterocycles. The Balaban J connectivity index is 1.71. The number of aromatic amines is 1. The van der Waals surface area contributed by atoms with Crippen LogP contribution in [0.2, 0.25) is 0 Å². The van der Waals surface area contributed by atoms with Crippen LogP contribution in [0, 0.1) is 5.82 Å². The highest BCUT2D eigenvalue weighted by molar-refractivity contribution is 7.10. The van der Waals surface area contributed by atoms with Crippen LogP contribution in [0.4, 0.5) is 4.39 Å². The Morgan fingerprint density at radius 2 is 2.26 bits per heavy atom. The van der Waals surface area contributed by atoms with Crippen molar-refractivity contribution >= 4 is 40.3 Å². The van der Waals surface area contributed by atoms with Crippen LogP contribution in [-0.4, -0.2) is 22.1 Å². The number of hydrogen-bond acceptors (Lipinski definition) is 3. The van der Waals surface area contributed by atoms with E-state index in [4.69, 9.17) is 0 Å². The number of fused-ring (bicyclic) bond motifs is 1. The van der Waals surface area contributed by atoms with Crippen molar-refractivity contribution < 1.29 is 9.18 Å². The fraction of sp³-hybridized carbons (Fsp3) is 0.176. The number of hydrogen-bond donors (Lipinski definition) is 2. The minimum Gasteiger partial charge on any atom is -0.349 e. The summed E-state index contributed by atoms with van der Waals surface area (Å²) in [7, 11) is 0. The molecule has 0 spiro atoms. The Bertz CT molecular complexity index is 894. The molecule has 4 nitrogen and oxygen atoms in total. The maximum Gasteiger partial charge on any atom is 0.251 e. The molecule has 2 N–H and O–H groups in total. The number of aromatic nitrogens is 2. The standard InChI is InChI=1S/C17H14FN3OS/c18-14-9-10(17(22)19-11-3-4-11)8-13-15(20-21-16(13)14)6-5-12-2-1-7-23-12/h1-2,5-9,11H,3-4H2,(H,19,22)(H,20,21)/b6-5+. The Hall–Kier alpha value is -2.47. The summed E-state index contributed by atoms with van der Waals surface area (Å²) in [6, 6.07) is 7.14. The lowest BCUT2D eigenvalue weighted by Crippen LogP contribution is -2.25. The number of amides is 1. The zero-order valence-corrected chi connectivity index (χ0v) is 13.0. The summed E-state index contributed by atoms with van der Waals surface area (Å²) in [6.07, 6.45) is 5.75. The van der Waals surface area contributed by atoms with Crippen molar-refractivity contribution in [1.82, 2.24) is 15.5 Å². The van der Waals surface area contributed by atoms with Gasteiger partial charge in [-0.1, -0.05) is 6.07 Å². The van der Waals surface area contributed by atoms with Crippen molar-refractivity contribution in [3.63, 3.8) is 0 Å². The van der Waals surface area contributed by atoms with Gasteiger partial charge in [-0.25, -0.2) is 4.39 Å². The van der Waals surface area contributed by atoms with Gasteiger partial charge < -0.3 is 5.32 Å². The van der Waals surface area contributed by atoms with E-state index in [1.807, 2.05) is 29.7 Å². The van der Waals surface area contributed by atoms with Gasteiger partial charge in [-0.05, 0) is 48.6 Å². The van der Waals surface area contributed by atoms with Crippen LogP contribution < -0.4 is 5.32 Å². The molecule has 1 aliphatic carbocycles. The van der Waals surface area contributed by atoms with Crippen LogP contribution in [0.25, 0.3) is 23.1 Å². The summed E-state index contributed by atoms with van der Waals surface area (Å²) < 4.78 is 14.2. The summed E-state index contributed by atoms with van der Waals surface area (Å²) in [5.74, 6) is -0.700. The van der Waals surface area contributed by atoms with E-state index in [1.54, 1.807) is 17.4 Å². The van der Waals surface area contributed by atoms with Crippen LogP contribution in [0.3, 0.4) is 0 Å². The Morgan fingerprint density at radius 3 is 3.00 bits per heavy atom. The lowest BCUT2D eigenvalue weighted by Gasteiger charge is -2.04. The number of benzene rings is 1. The molecule has 3 aromatic rings. The maximum atomic E-state index is 14.2. The molecule has 1 saturated carbocycles. The van der Waals surface area contributed by atoms with Crippen molar-refractivity contribution in [2.45, 2.75) is 18.9 Å². The van der Waals surface area contributed by atoms with Gasteiger partial charge in [0.1, 0.15) is 11.3 Å². The van der Waals surface area contributed by atoms with Gasteiger partial charge in [0, 0.05) is 21.9 Å². The predicted molar refractivity (Wildman–Crippen MR) is 89.8 cm³/mol. The van der Waals surface area contributed by atoms with Gasteiger partial charge in [-0.3, -0.25) is 9.89 Å². The number of nitrogens with one attached hydrogen (secondary N) is 2. The molecule has 116 valence electrons.